The Morgan fingerprint density at radius 1 is 1.30 bits per heavy atom. The highest BCUT2D eigenvalue weighted by Gasteiger charge is 2.07. The quantitative estimate of drug-likeness (QED) is 0.741. The molecular weight excluding hydrogens is 343 g/mol. The first-order chi connectivity index (χ1) is 11.1. The number of halogens is 2. The number of amides is 1. The first kappa shape index (κ1) is 17.1. The molecule has 7 nitrogen and oxygen atoms in total. The van der Waals surface area contributed by atoms with Gasteiger partial charge in [0, 0.05) is 12.3 Å². The van der Waals surface area contributed by atoms with Gasteiger partial charge in [0.2, 0.25) is 17.7 Å². The van der Waals surface area contributed by atoms with E-state index in [1.54, 1.807) is 24.3 Å². The van der Waals surface area contributed by atoms with E-state index < -0.39 is 0 Å². The van der Waals surface area contributed by atoms with Gasteiger partial charge in [-0.3, -0.25) is 15.6 Å². The number of hydrazine groups is 1. The highest BCUT2D eigenvalue weighted by atomic mass is 35.5. The van der Waals surface area contributed by atoms with Crippen LogP contribution in [0.25, 0.3) is 0 Å². The Kier molecular flexibility index (Phi) is 6.25. The van der Waals surface area contributed by atoms with E-state index in [4.69, 9.17) is 32.7 Å². The molecule has 1 heterocycles. The predicted octanol–water partition coefficient (Wildman–Crippen LogP) is 2.70. The summed E-state index contributed by atoms with van der Waals surface area (Å²) in [6.07, 6.45) is 1.62. The van der Waals surface area contributed by atoms with Gasteiger partial charge in [0.1, 0.15) is 10.8 Å². The molecule has 0 spiro atoms. The third kappa shape index (κ3) is 5.15. The van der Waals surface area contributed by atoms with Crippen LogP contribution in [0.3, 0.4) is 0 Å². The number of carbonyl (C=O) groups is 1. The molecule has 0 unspecified atom stereocenters. The summed E-state index contributed by atoms with van der Waals surface area (Å²) in [5.41, 5.74) is 5.04. The molecule has 23 heavy (non-hydrogen) atoms. The lowest BCUT2D eigenvalue weighted by molar-refractivity contribution is -0.121. The number of nitrogens with zero attached hydrogens (tertiary/aromatic N) is 2. The number of benzene rings is 1. The lowest BCUT2D eigenvalue weighted by Gasteiger charge is -2.10. The Balaban J connectivity index is 1.76. The van der Waals surface area contributed by atoms with Gasteiger partial charge in [0.15, 0.2) is 0 Å². The molecule has 0 saturated heterocycles. The van der Waals surface area contributed by atoms with Gasteiger partial charge >= 0.3 is 0 Å². The molecule has 0 atom stereocenters. The van der Waals surface area contributed by atoms with E-state index in [9.17, 15) is 4.79 Å². The summed E-state index contributed by atoms with van der Waals surface area (Å²) in [6.45, 7) is 0.145. The maximum atomic E-state index is 11.7. The van der Waals surface area contributed by atoms with Crippen LogP contribution in [-0.2, 0) is 4.79 Å². The second-order valence-electron chi connectivity index (χ2n) is 4.25. The van der Waals surface area contributed by atoms with Crippen molar-refractivity contribution in [3.63, 3.8) is 0 Å². The Morgan fingerprint density at radius 2 is 2.13 bits per heavy atom. The summed E-state index contributed by atoms with van der Waals surface area (Å²) < 4.78 is 10.4. The van der Waals surface area contributed by atoms with Crippen LogP contribution in [0.5, 0.6) is 11.6 Å². The van der Waals surface area contributed by atoms with Gasteiger partial charge in [0.05, 0.1) is 25.2 Å². The van der Waals surface area contributed by atoms with Crippen molar-refractivity contribution < 1.29 is 14.3 Å². The molecule has 0 aliphatic carbocycles. The first-order valence-corrected chi connectivity index (χ1v) is 7.34. The molecule has 2 aromatic rings. The molecule has 1 aromatic carbocycles. The number of aromatic nitrogens is 2. The summed E-state index contributed by atoms with van der Waals surface area (Å²) in [6, 6.07) is 6.64. The number of hydrogen-bond donors (Lipinski definition) is 2. The SMILES string of the molecule is COc1ccnc(NNC(=O)CCOc2cccc(Cl)c2Cl)n1. The number of rotatable bonds is 7. The second-order valence-corrected chi connectivity index (χ2v) is 5.03. The van der Waals surface area contributed by atoms with Crippen LogP contribution in [-0.4, -0.2) is 29.6 Å². The van der Waals surface area contributed by atoms with Gasteiger partial charge in [-0.2, -0.15) is 4.98 Å². The molecule has 0 aliphatic rings. The third-order valence-corrected chi connectivity index (χ3v) is 3.46. The van der Waals surface area contributed by atoms with Crippen molar-refractivity contribution in [1.82, 2.24) is 15.4 Å². The molecule has 122 valence electrons. The molecule has 9 heteroatoms. The average molecular weight is 357 g/mol. The van der Waals surface area contributed by atoms with Gasteiger partial charge in [-0.15, -0.1) is 0 Å². The molecule has 0 radical (unpaired) electrons. The molecule has 0 saturated carbocycles. The average Bonchev–Trinajstić information content (AvgIpc) is 2.57. The zero-order chi connectivity index (χ0) is 16.7. The predicted molar refractivity (Wildman–Crippen MR) is 86.9 cm³/mol. The minimum absolute atomic E-state index is 0.111. The number of anilines is 1. The fraction of sp³-hybridized carbons (Fsp3) is 0.214. The Labute approximate surface area is 142 Å². The van der Waals surface area contributed by atoms with Crippen LogP contribution >= 0.6 is 23.2 Å². The largest absolute Gasteiger partial charge is 0.491 e. The minimum atomic E-state index is -0.297. The molecule has 1 amide bonds. The fourth-order valence-corrected chi connectivity index (χ4v) is 1.90. The van der Waals surface area contributed by atoms with E-state index in [-0.39, 0.29) is 24.9 Å². The summed E-state index contributed by atoms with van der Waals surface area (Å²) in [7, 11) is 1.49. The maximum Gasteiger partial charge on any atom is 0.245 e. The maximum absolute atomic E-state index is 11.7. The number of ether oxygens (including phenoxy) is 2. The topological polar surface area (TPSA) is 85.4 Å². The van der Waals surface area contributed by atoms with Crippen LogP contribution in [0.4, 0.5) is 5.95 Å². The molecule has 0 bridgehead atoms. The van der Waals surface area contributed by atoms with Crippen molar-refractivity contribution in [3.05, 3.63) is 40.5 Å². The van der Waals surface area contributed by atoms with Crippen LogP contribution in [0.15, 0.2) is 30.5 Å². The number of hydrogen-bond acceptors (Lipinski definition) is 6. The highest BCUT2D eigenvalue weighted by molar-refractivity contribution is 6.42. The fourth-order valence-electron chi connectivity index (χ4n) is 1.55. The molecule has 2 N–H and O–H groups in total. The van der Waals surface area contributed by atoms with E-state index in [0.29, 0.717) is 21.7 Å². The zero-order valence-corrected chi connectivity index (χ0v) is 13.7. The highest BCUT2D eigenvalue weighted by Crippen LogP contribution is 2.31. The third-order valence-electron chi connectivity index (χ3n) is 2.66. The van der Waals surface area contributed by atoms with Crippen LogP contribution in [0.2, 0.25) is 10.0 Å². The van der Waals surface area contributed by atoms with Crippen molar-refractivity contribution in [2.75, 3.05) is 19.1 Å². The smallest absolute Gasteiger partial charge is 0.245 e. The lowest BCUT2D eigenvalue weighted by Crippen LogP contribution is -2.31. The number of methoxy groups -OCH3 is 1. The second kappa shape index (κ2) is 8.40. The van der Waals surface area contributed by atoms with Crippen molar-refractivity contribution >= 4 is 35.1 Å². The van der Waals surface area contributed by atoms with Crippen LogP contribution < -0.4 is 20.3 Å². The van der Waals surface area contributed by atoms with Crippen molar-refractivity contribution in [1.29, 1.82) is 0 Å². The van der Waals surface area contributed by atoms with E-state index in [1.165, 1.54) is 13.3 Å². The molecule has 1 aromatic heterocycles. The van der Waals surface area contributed by atoms with Crippen molar-refractivity contribution in [3.8, 4) is 11.6 Å². The number of carbonyl (C=O) groups excluding carboxylic acids is 1. The number of nitrogens with one attached hydrogen (secondary N) is 2. The first-order valence-electron chi connectivity index (χ1n) is 6.59. The molecular formula is C14H14Cl2N4O3. The Hall–Kier alpha value is -2.25. The van der Waals surface area contributed by atoms with Gasteiger partial charge in [0.25, 0.3) is 0 Å². The summed E-state index contributed by atoms with van der Waals surface area (Å²) in [5.74, 6) is 0.734. The van der Waals surface area contributed by atoms with Crippen LogP contribution in [0, 0.1) is 0 Å². The lowest BCUT2D eigenvalue weighted by atomic mass is 10.3. The van der Waals surface area contributed by atoms with Gasteiger partial charge in [-0.25, -0.2) is 4.98 Å². The van der Waals surface area contributed by atoms with E-state index >= 15 is 0 Å². The molecule has 0 aliphatic heterocycles. The minimum Gasteiger partial charge on any atom is -0.491 e. The molecule has 0 fully saturated rings. The van der Waals surface area contributed by atoms with Crippen LogP contribution in [0.1, 0.15) is 6.42 Å². The van der Waals surface area contributed by atoms with E-state index in [1.807, 2.05) is 0 Å². The van der Waals surface area contributed by atoms with Gasteiger partial charge < -0.3 is 9.47 Å². The standard InChI is InChI=1S/C14H14Cl2N4O3/c1-22-12-5-7-17-14(18-12)20-19-11(21)6-8-23-10-4-2-3-9(15)13(10)16/h2-5,7H,6,8H2,1H3,(H,19,21)(H,17,18,20). The summed E-state index contributed by atoms with van der Waals surface area (Å²) in [5, 5.41) is 0.711. The summed E-state index contributed by atoms with van der Waals surface area (Å²) in [4.78, 5) is 19.6. The van der Waals surface area contributed by atoms with E-state index in [0.717, 1.165) is 0 Å². The Morgan fingerprint density at radius 3 is 2.91 bits per heavy atom. The Bertz CT molecular complexity index is 685. The van der Waals surface area contributed by atoms with Crippen molar-refractivity contribution in [2.45, 2.75) is 6.42 Å². The van der Waals surface area contributed by atoms with Gasteiger partial charge in [-0.1, -0.05) is 29.3 Å². The zero-order valence-electron chi connectivity index (χ0n) is 12.2. The monoisotopic (exact) mass is 356 g/mol. The van der Waals surface area contributed by atoms with Gasteiger partial charge in [-0.05, 0) is 12.1 Å². The molecule has 2 rings (SSSR count). The van der Waals surface area contributed by atoms with Crippen molar-refractivity contribution in [2.24, 2.45) is 0 Å². The normalized spacial score (nSPS) is 10.0. The summed E-state index contributed by atoms with van der Waals surface area (Å²) >= 11 is 11.9. The van der Waals surface area contributed by atoms with E-state index in [2.05, 4.69) is 20.8 Å².